The molecule has 0 bridgehead atoms. The number of nitrogens with one attached hydrogen (secondary N) is 1. The molecular weight excluding hydrogens is 212 g/mol. The van der Waals surface area contributed by atoms with Gasteiger partial charge in [-0.05, 0) is 31.9 Å². The lowest BCUT2D eigenvalue weighted by Crippen LogP contribution is -2.35. The molecule has 1 aromatic rings. The molecule has 0 aliphatic rings. The highest BCUT2D eigenvalue weighted by Gasteiger charge is 2.17. The van der Waals surface area contributed by atoms with Gasteiger partial charge in [0.15, 0.2) is 0 Å². The summed E-state index contributed by atoms with van der Waals surface area (Å²) >= 11 is 0. The van der Waals surface area contributed by atoms with Gasteiger partial charge in [-0.25, -0.2) is 0 Å². The molecule has 1 aromatic carbocycles. The van der Waals surface area contributed by atoms with Crippen LogP contribution in [0.4, 0.5) is 0 Å². The predicted octanol–water partition coefficient (Wildman–Crippen LogP) is 2.08. The first kappa shape index (κ1) is 13.7. The summed E-state index contributed by atoms with van der Waals surface area (Å²) in [7, 11) is 0. The summed E-state index contributed by atoms with van der Waals surface area (Å²) in [4.78, 5) is 11.5. The molecule has 0 spiro atoms. The largest absolute Gasteiger partial charge is 0.368 e. The van der Waals surface area contributed by atoms with Gasteiger partial charge in [0.25, 0.3) is 0 Å². The second kappa shape index (κ2) is 5.82. The van der Waals surface area contributed by atoms with Gasteiger partial charge in [-0.2, -0.15) is 0 Å². The average Bonchev–Trinajstić information content (AvgIpc) is 2.14. The number of carbonyl (C=O) groups is 1. The lowest BCUT2D eigenvalue weighted by atomic mass is 10.0. The number of benzene rings is 1. The number of hydrogen-bond donors (Lipinski definition) is 2. The van der Waals surface area contributed by atoms with Gasteiger partial charge in [-0.1, -0.05) is 43.2 Å². The molecule has 0 aromatic heterocycles. The molecule has 1 amide bonds. The van der Waals surface area contributed by atoms with Crippen molar-refractivity contribution in [3.05, 3.63) is 34.9 Å². The first-order valence-electron chi connectivity index (χ1n) is 6.01. The molecule has 0 radical (unpaired) electrons. The Morgan fingerprint density at radius 1 is 1.24 bits per heavy atom. The molecule has 3 nitrogen and oxygen atoms in total. The Morgan fingerprint density at radius 2 is 1.76 bits per heavy atom. The first-order chi connectivity index (χ1) is 7.90. The van der Waals surface area contributed by atoms with Crippen LogP contribution in [0, 0.1) is 19.8 Å². The van der Waals surface area contributed by atoms with Crippen molar-refractivity contribution in [2.75, 3.05) is 6.54 Å². The SMILES string of the molecule is Cc1cc(C)cc(C(NCC(C)C)C(N)=O)c1. The number of carbonyl (C=O) groups excluding carboxylic acids is 1. The number of aryl methyl sites for hydroxylation is 2. The highest BCUT2D eigenvalue weighted by atomic mass is 16.1. The van der Waals surface area contributed by atoms with Crippen molar-refractivity contribution in [2.24, 2.45) is 11.7 Å². The summed E-state index contributed by atoms with van der Waals surface area (Å²) in [5.41, 5.74) is 8.71. The third-order valence-electron chi connectivity index (χ3n) is 2.59. The third-order valence-corrected chi connectivity index (χ3v) is 2.59. The number of primary amides is 1. The van der Waals surface area contributed by atoms with Crippen LogP contribution in [-0.2, 0) is 4.79 Å². The summed E-state index contributed by atoms with van der Waals surface area (Å²) in [6.07, 6.45) is 0. The van der Waals surface area contributed by atoms with Crippen molar-refractivity contribution in [1.29, 1.82) is 0 Å². The smallest absolute Gasteiger partial charge is 0.239 e. The minimum Gasteiger partial charge on any atom is -0.368 e. The quantitative estimate of drug-likeness (QED) is 0.819. The van der Waals surface area contributed by atoms with Gasteiger partial charge in [0, 0.05) is 0 Å². The molecule has 1 rings (SSSR count). The van der Waals surface area contributed by atoms with E-state index >= 15 is 0 Å². The van der Waals surface area contributed by atoms with Gasteiger partial charge in [-0.15, -0.1) is 0 Å². The zero-order valence-electron chi connectivity index (χ0n) is 11.1. The fourth-order valence-electron chi connectivity index (χ4n) is 1.91. The molecule has 17 heavy (non-hydrogen) atoms. The number of hydrogen-bond acceptors (Lipinski definition) is 2. The topological polar surface area (TPSA) is 55.1 Å². The summed E-state index contributed by atoms with van der Waals surface area (Å²) in [5, 5.41) is 3.21. The van der Waals surface area contributed by atoms with E-state index in [-0.39, 0.29) is 5.91 Å². The van der Waals surface area contributed by atoms with E-state index in [0.29, 0.717) is 5.92 Å². The Hall–Kier alpha value is -1.35. The maximum absolute atomic E-state index is 11.5. The molecule has 1 atom stereocenters. The van der Waals surface area contributed by atoms with Crippen molar-refractivity contribution < 1.29 is 4.79 Å². The standard InChI is InChI=1S/C14H22N2O/c1-9(2)8-16-13(14(15)17)12-6-10(3)5-11(4)7-12/h5-7,9,13,16H,8H2,1-4H3,(H2,15,17). The van der Waals surface area contributed by atoms with E-state index in [9.17, 15) is 4.79 Å². The third kappa shape index (κ3) is 4.19. The molecule has 94 valence electrons. The highest BCUT2D eigenvalue weighted by molar-refractivity contribution is 5.81. The summed E-state index contributed by atoms with van der Waals surface area (Å²) < 4.78 is 0. The summed E-state index contributed by atoms with van der Waals surface area (Å²) in [5.74, 6) is 0.165. The zero-order valence-corrected chi connectivity index (χ0v) is 11.1. The lowest BCUT2D eigenvalue weighted by Gasteiger charge is -2.18. The van der Waals surface area contributed by atoms with Gasteiger partial charge < -0.3 is 11.1 Å². The second-order valence-corrected chi connectivity index (χ2v) is 5.06. The molecule has 0 aliphatic heterocycles. The van der Waals surface area contributed by atoms with E-state index < -0.39 is 6.04 Å². The predicted molar refractivity (Wildman–Crippen MR) is 70.7 cm³/mol. The van der Waals surface area contributed by atoms with Crippen molar-refractivity contribution >= 4 is 5.91 Å². The molecule has 0 saturated heterocycles. The minimum absolute atomic E-state index is 0.323. The Bertz CT molecular complexity index is 379. The van der Waals surface area contributed by atoms with Crippen molar-refractivity contribution in [2.45, 2.75) is 33.7 Å². The monoisotopic (exact) mass is 234 g/mol. The van der Waals surface area contributed by atoms with Gasteiger partial charge in [0.2, 0.25) is 5.91 Å². The molecule has 0 fully saturated rings. The van der Waals surface area contributed by atoms with Crippen LogP contribution < -0.4 is 11.1 Å². The van der Waals surface area contributed by atoms with Crippen LogP contribution in [0.25, 0.3) is 0 Å². The van der Waals surface area contributed by atoms with Gasteiger partial charge in [0.05, 0.1) is 0 Å². The van der Waals surface area contributed by atoms with Gasteiger partial charge in [0.1, 0.15) is 6.04 Å². The maximum Gasteiger partial charge on any atom is 0.239 e. The minimum atomic E-state index is -0.393. The maximum atomic E-state index is 11.5. The number of nitrogens with two attached hydrogens (primary N) is 1. The molecule has 1 unspecified atom stereocenters. The molecule has 3 heteroatoms. The zero-order chi connectivity index (χ0) is 13.0. The van der Waals surface area contributed by atoms with E-state index in [0.717, 1.165) is 23.2 Å². The summed E-state index contributed by atoms with van der Waals surface area (Å²) in [6, 6.07) is 5.71. The van der Waals surface area contributed by atoms with Crippen LogP contribution in [-0.4, -0.2) is 12.5 Å². The highest BCUT2D eigenvalue weighted by Crippen LogP contribution is 2.17. The van der Waals surface area contributed by atoms with E-state index in [2.05, 4.69) is 25.2 Å². The van der Waals surface area contributed by atoms with Crippen LogP contribution >= 0.6 is 0 Å². The van der Waals surface area contributed by atoms with Crippen LogP contribution in [0.5, 0.6) is 0 Å². The lowest BCUT2D eigenvalue weighted by molar-refractivity contribution is -0.120. The van der Waals surface area contributed by atoms with E-state index in [1.54, 1.807) is 0 Å². The van der Waals surface area contributed by atoms with Gasteiger partial charge in [-0.3, -0.25) is 4.79 Å². The van der Waals surface area contributed by atoms with Crippen molar-refractivity contribution in [3.63, 3.8) is 0 Å². The van der Waals surface area contributed by atoms with Crippen LogP contribution in [0.15, 0.2) is 18.2 Å². The van der Waals surface area contributed by atoms with E-state index in [1.807, 2.05) is 26.0 Å². The molecule has 3 N–H and O–H groups in total. The fourth-order valence-corrected chi connectivity index (χ4v) is 1.91. The Kier molecular flexibility index (Phi) is 4.70. The Balaban J connectivity index is 2.93. The normalized spacial score (nSPS) is 12.8. The molecule has 0 aliphatic carbocycles. The van der Waals surface area contributed by atoms with Gasteiger partial charge >= 0.3 is 0 Å². The molecule has 0 saturated carbocycles. The van der Waals surface area contributed by atoms with Crippen LogP contribution in [0.3, 0.4) is 0 Å². The van der Waals surface area contributed by atoms with Crippen molar-refractivity contribution in [3.8, 4) is 0 Å². The molecular formula is C14H22N2O. The Labute approximate surface area is 103 Å². The van der Waals surface area contributed by atoms with Crippen LogP contribution in [0.1, 0.15) is 36.6 Å². The molecule has 0 heterocycles. The Morgan fingerprint density at radius 3 is 2.18 bits per heavy atom. The number of amides is 1. The van der Waals surface area contributed by atoms with Crippen LogP contribution in [0.2, 0.25) is 0 Å². The number of rotatable bonds is 5. The van der Waals surface area contributed by atoms with E-state index in [4.69, 9.17) is 5.73 Å². The van der Waals surface area contributed by atoms with Crippen molar-refractivity contribution in [1.82, 2.24) is 5.32 Å². The first-order valence-corrected chi connectivity index (χ1v) is 6.01. The summed E-state index contributed by atoms with van der Waals surface area (Å²) in [6.45, 7) is 9.04. The van der Waals surface area contributed by atoms with E-state index in [1.165, 1.54) is 0 Å². The average molecular weight is 234 g/mol. The second-order valence-electron chi connectivity index (χ2n) is 5.06. The fraction of sp³-hybridized carbons (Fsp3) is 0.500.